The van der Waals surface area contributed by atoms with Gasteiger partial charge in [0.1, 0.15) is 0 Å². The Labute approximate surface area is 89.1 Å². The van der Waals surface area contributed by atoms with Crippen LogP contribution in [-0.4, -0.2) is 12.8 Å². The average molecular weight is 209 g/mol. The van der Waals surface area contributed by atoms with Crippen molar-refractivity contribution in [3.63, 3.8) is 0 Å². The van der Waals surface area contributed by atoms with Gasteiger partial charge in [-0.05, 0) is 19.3 Å². The lowest BCUT2D eigenvalue weighted by molar-refractivity contribution is 0.627. The summed E-state index contributed by atoms with van der Waals surface area (Å²) in [5.74, 6) is 0.570. The predicted octanol–water partition coefficient (Wildman–Crippen LogP) is 3.27. The summed E-state index contributed by atoms with van der Waals surface area (Å²) in [5, 5.41) is 4.69. The molecule has 14 heavy (non-hydrogen) atoms. The third-order valence-electron chi connectivity index (χ3n) is 2.31. The summed E-state index contributed by atoms with van der Waals surface area (Å²) in [6.07, 6.45) is 11.2. The molecular formula is C12H20NP. The van der Waals surface area contributed by atoms with Crippen molar-refractivity contribution in [1.29, 1.82) is 0 Å². The second-order valence-electron chi connectivity index (χ2n) is 4.29. The predicted molar refractivity (Wildman–Crippen MR) is 67.0 cm³/mol. The average Bonchev–Trinajstić information content (AvgIpc) is 2.28. The van der Waals surface area contributed by atoms with E-state index in [1.165, 1.54) is 5.31 Å². The Kier molecular flexibility index (Phi) is 4.10. The quantitative estimate of drug-likeness (QED) is 0.703. The van der Waals surface area contributed by atoms with Crippen LogP contribution in [-0.2, 0) is 0 Å². The molecule has 2 heteroatoms. The second-order valence-corrected chi connectivity index (χ2v) is 6.02. The van der Waals surface area contributed by atoms with Crippen LogP contribution >= 0.6 is 8.58 Å². The molecule has 0 spiro atoms. The molecule has 0 heterocycles. The molecule has 0 radical (unpaired) electrons. The maximum atomic E-state index is 3.27. The summed E-state index contributed by atoms with van der Waals surface area (Å²) >= 11 is 0. The molecule has 0 fully saturated rings. The second kappa shape index (κ2) is 4.91. The molecule has 0 amide bonds. The van der Waals surface area contributed by atoms with E-state index >= 15 is 0 Å². The van der Waals surface area contributed by atoms with E-state index in [4.69, 9.17) is 0 Å². The smallest absolute Gasteiger partial charge is 0.0250 e. The van der Waals surface area contributed by atoms with E-state index in [2.05, 4.69) is 56.5 Å². The largest absolute Gasteiger partial charge is 0.313 e. The number of nitrogens with one attached hydrogen (secondary N) is 1. The van der Waals surface area contributed by atoms with Gasteiger partial charge in [-0.2, -0.15) is 0 Å². The van der Waals surface area contributed by atoms with Crippen molar-refractivity contribution in [3.8, 4) is 0 Å². The number of hydrogen-bond acceptors (Lipinski definition) is 1. The van der Waals surface area contributed by atoms with E-state index in [1.807, 2.05) is 7.05 Å². The van der Waals surface area contributed by atoms with Crippen LogP contribution in [0.3, 0.4) is 0 Å². The SMILES string of the molecule is CNC(C)PC1=CC=CC(C)(C)C=C1. The summed E-state index contributed by atoms with van der Waals surface area (Å²) < 4.78 is 0. The van der Waals surface area contributed by atoms with Crippen LogP contribution in [0.2, 0.25) is 0 Å². The van der Waals surface area contributed by atoms with Crippen LogP contribution in [0.4, 0.5) is 0 Å². The molecule has 1 aliphatic rings. The van der Waals surface area contributed by atoms with Crippen LogP contribution in [0.25, 0.3) is 0 Å². The minimum atomic E-state index is 0.200. The standard InChI is InChI=1S/C12H20NP/c1-10(13-4)14-11-6-5-8-12(2,3)9-7-11/h5-10,13-14H,1-4H3. The van der Waals surface area contributed by atoms with Crippen LogP contribution in [0, 0.1) is 5.41 Å². The third kappa shape index (κ3) is 3.77. The van der Waals surface area contributed by atoms with Gasteiger partial charge in [-0.1, -0.05) is 52.8 Å². The van der Waals surface area contributed by atoms with Gasteiger partial charge < -0.3 is 5.32 Å². The lowest BCUT2D eigenvalue weighted by atomic mass is 9.93. The fourth-order valence-electron chi connectivity index (χ4n) is 1.23. The van der Waals surface area contributed by atoms with Crippen molar-refractivity contribution in [2.75, 3.05) is 7.05 Å². The first-order valence-corrected chi connectivity index (χ1v) is 6.14. The zero-order chi connectivity index (χ0) is 10.6. The number of allylic oxidation sites excluding steroid dienone is 6. The zero-order valence-electron chi connectivity index (χ0n) is 9.46. The minimum absolute atomic E-state index is 0.200. The molecule has 0 bridgehead atoms. The molecule has 0 aromatic rings. The first-order chi connectivity index (χ1) is 6.53. The van der Waals surface area contributed by atoms with Gasteiger partial charge in [-0.15, -0.1) is 0 Å². The Morgan fingerprint density at radius 3 is 2.71 bits per heavy atom. The molecule has 0 saturated carbocycles. The number of rotatable bonds is 3. The topological polar surface area (TPSA) is 12.0 Å². The van der Waals surface area contributed by atoms with E-state index in [0.717, 1.165) is 8.58 Å². The van der Waals surface area contributed by atoms with Crippen LogP contribution in [0.5, 0.6) is 0 Å². The fourth-order valence-corrected chi connectivity index (χ4v) is 2.25. The lowest BCUT2D eigenvalue weighted by Crippen LogP contribution is -2.15. The third-order valence-corrected chi connectivity index (χ3v) is 3.70. The Morgan fingerprint density at radius 1 is 1.36 bits per heavy atom. The number of hydrogen-bond donors (Lipinski definition) is 1. The van der Waals surface area contributed by atoms with Crippen molar-refractivity contribution in [2.24, 2.45) is 5.41 Å². The summed E-state index contributed by atoms with van der Waals surface area (Å²) in [6, 6.07) is 0. The maximum absolute atomic E-state index is 3.27. The van der Waals surface area contributed by atoms with Crippen molar-refractivity contribution in [3.05, 3.63) is 35.7 Å². The van der Waals surface area contributed by atoms with Crippen molar-refractivity contribution >= 4 is 8.58 Å². The fraction of sp³-hybridized carbons (Fsp3) is 0.500. The molecule has 0 aromatic carbocycles. The molecule has 1 N–H and O–H groups in total. The highest BCUT2D eigenvalue weighted by Crippen LogP contribution is 2.32. The van der Waals surface area contributed by atoms with Crippen molar-refractivity contribution in [1.82, 2.24) is 5.32 Å². The van der Waals surface area contributed by atoms with Crippen LogP contribution in [0.15, 0.2) is 35.7 Å². The van der Waals surface area contributed by atoms with Gasteiger partial charge in [0.05, 0.1) is 0 Å². The van der Waals surface area contributed by atoms with E-state index < -0.39 is 0 Å². The highest BCUT2D eigenvalue weighted by molar-refractivity contribution is 7.44. The molecule has 0 saturated heterocycles. The summed E-state index contributed by atoms with van der Waals surface area (Å²) in [6.45, 7) is 6.66. The lowest BCUT2D eigenvalue weighted by Gasteiger charge is -2.13. The van der Waals surface area contributed by atoms with E-state index in [0.29, 0.717) is 5.78 Å². The first-order valence-electron chi connectivity index (χ1n) is 5.06. The molecule has 1 aliphatic carbocycles. The summed E-state index contributed by atoms with van der Waals surface area (Å²) in [4.78, 5) is 0. The molecule has 1 nitrogen and oxygen atoms in total. The monoisotopic (exact) mass is 209 g/mol. The van der Waals surface area contributed by atoms with Crippen LogP contribution < -0.4 is 5.32 Å². The highest BCUT2D eigenvalue weighted by Gasteiger charge is 2.10. The van der Waals surface area contributed by atoms with Crippen LogP contribution in [0.1, 0.15) is 20.8 Å². The molecule has 0 aliphatic heterocycles. The van der Waals surface area contributed by atoms with E-state index in [-0.39, 0.29) is 5.41 Å². The minimum Gasteiger partial charge on any atom is -0.313 e. The molecular weight excluding hydrogens is 189 g/mol. The summed E-state index contributed by atoms with van der Waals surface area (Å²) in [5.41, 5.74) is 0.200. The van der Waals surface area contributed by atoms with Gasteiger partial charge in [0.15, 0.2) is 0 Å². The van der Waals surface area contributed by atoms with Gasteiger partial charge >= 0.3 is 0 Å². The Morgan fingerprint density at radius 2 is 2.07 bits per heavy atom. The Balaban J connectivity index is 2.65. The molecule has 0 aromatic heterocycles. The molecule has 78 valence electrons. The van der Waals surface area contributed by atoms with Gasteiger partial charge in [-0.3, -0.25) is 0 Å². The molecule has 2 atom stereocenters. The highest BCUT2D eigenvalue weighted by atomic mass is 31.1. The van der Waals surface area contributed by atoms with Gasteiger partial charge in [0.25, 0.3) is 0 Å². The molecule has 1 rings (SSSR count). The maximum Gasteiger partial charge on any atom is 0.0250 e. The Hall–Kier alpha value is -0.390. The Bertz CT molecular complexity index is 274. The van der Waals surface area contributed by atoms with Gasteiger partial charge in [-0.25, -0.2) is 0 Å². The summed E-state index contributed by atoms with van der Waals surface area (Å²) in [7, 11) is 2.85. The van der Waals surface area contributed by atoms with Crippen molar-refractivity contribution < 1.29 is 0 Å². The first kappa shape index (κ1) is 11.7. The normalized spacial score (nSPS) is 22.4. The van der Waals surface area contributed by atoms with Crippen molar-refractivity contribution in [2.45, 2.75) is 26.6 Å². The van der Waals surface area contributed by atoms with Gasteiger partial charge in [0, 0.05) is 11.2 Å². The van der Waals surface area contributed by atoms with E-state index in [9.17, 15) is 0 Å². The van der Waals surface area contributed by atoms with E-state index in [1.54, 1.807) is 0 Å². The van der Waals surface area contributed by atoms with Gasteiger partial charge in [0.2, 0.25) is 0 Å². The molecule has 2 unspecified atom stereocenters. The zero-order valence-corrected chi connectivity index (χ0v) is 10.5.